The van der Waals surface area contributed by atoms with Crippen LogP contribution in [-0.2, 0) is 9.59 Å². The number of rotatable bonds is 10. The fourth-order valence-electron chi connectivity index (χ4n) is 2.17. The van der Waals surface area contributed by atoms with Crippen LogP contribution in [0.5, 0.6) is 0 Å². The van der Waals surface area contributed by atoms with Gasteiger partial charge in [0.05, 0.1) is 22.9 Å². The summed E-state index contributed by atoms with van der Waals surface area (Å²) in [6, 6.07) is 0. The standard InChI is InChI=1S/C17H31IN2O2/c1-13(9-6-7-11-16(2,3)14(19)21)10-8-12-17(4,5)15(22)20-18/h9H,6-8,10-12H2,1-5H3,(H2,19,21)(H,20,22)/b13-9+. The van der Waals surface area contributed by atoms with Gasteiger partial charge < -0.3 is 5.73 Å². The van der Waals surface area contributed by atoms with Crippen LogP contribution in [0.25, 0.3) is 0 Å². The number of amides is 2. The predicted octanol–water partition coefficient (Wildman–Crippen LogP) is 4.28. The monoisotopic (exact) mass is 422 g/mol. The number of allylic oxidation sites excluding steroid dienone is 2. The van der Waals surface area contributed by atoms with Gasteiger partial charge in [-0.15, -0.1) is 0 Å². The molecule has 0 spiro atoms. The molecule has 0 heterocycles. The Hall–Kier alpha value is -0.590. The summed E-state index contributed by atoms with van der Waals surface area (Å²) in [5.41, 5.74) is 5.99. The van der Waals surface area contributed by atoms with Gasteiger partial charge in [-0.1, -0.05) is 39.3 Å². The smallest absolute Gasteiger partial charge is 0.234 e. The lowest BCUT2D eigenvalue weighted by Crippen LogP contribution is -2.31. The second-order valence-electron chi connectivity index (χ2n) is 7.35. The quantitative estimate of drug-likeness (QED) is 0.239. The molecule has 5 heteroatoms. The first-order valence-electron chi connectivity index (χ1n) is 7.89. The fraction of sp³-hybridized carbons (Fsp3) is 0.765. The van der Waals surface area contributed by atoms with Gasteiger partial charge in [-0.2, -0.15) is 0 Å². The normalized spacial score (nSPS) is 13.1. The molecule has 2 amide bonds. The summed E-state index contributed by atoms with van der Waals surface area (Å²) in [6.07, 6.45) is 7.89. The van der Waals surface area contributed by atoms with Crippen molar-refractivity contribution in [1.29, 1.82) is 0 Å². The highest BCUT2D eigenvalue weighted by molar-refractivity contribution is 14.1. The summed E-state index contributed by atoms with van der Waals surface area (Å²) in [7, 11) is 0. The summed E-state index contributed by atoms with van der Waals surface area (Å²) in [5.74, 6) is -0.146. The molecule has 128 valence electrons. The molecule has 0 radical (unpaired) electrons. The minimum Gasteiger partial charge on any atom is -0.369 e. The maximum absolute atomic E-state index is 11.7. The van der Waals surface area contributed by atoms with Gasteiger partial charge >= 0.3 is 0 Å². The van der Waals surface area contributed by atoms with Gasteiger partial charge in [-0.3, -0.25) is 13.1 Å². The van der Waals surface area contributed by atoms with E-state index in [0.717, 1.165) is 38.5 Å². The molecule has 0 aliphatic rings. The van der Waals surface area contributed by atoms with E-state index in [9.17, 15) is 9.59 Å². The van der Waals surface area contributed by atoms with Gasteiger partial charge in [0, 0.05) is 10.8 Å². The van der Waals surface area contributed by atoms with Crippen molar-refractivity contribution in [3.05, 3.63) is 11.6 Å². The van der Waals surface area contributed by atoms with Gasteiger partial charge in [0.15, 0.2) is 0 Å². The second kappa shape index (κ2) is 9.53. The Balaban J connectivity index is 4.06. The Morgan fingerprint density at radius 3 is 2.14 bits per heavy atom. The Bertz CT molecular complexity index is 415. The van der Waals surface area contributed by atoms with Gasteiger partial charge in [0.25, 0.3) is 0 Å². The van der Waals surface area contributed by atoms with Crippen molar-refractivity contribution >= 4 is 34.7 Å². The Morgan fingerprint density at radius 1 is 1.09 bits per heavy atom. The third-order valence-corrected chi connectivity index (χ3v) is 4.73. The number of primary amides is 1. The molecule has 0 aromatic carbocycles. The average Bonchev–Trinajstić information content (AvgIpc) is 2.42. The Kier molecular flexibility index (Phi) is 9.27. The van der Waals surface area contributed by atoms with E-state index < -0.39 is 5.41 Å². The number of nitrogens with one attached hydrogen (secondary N) is 1. The molecule has 0 aromatic heterocycles. The van der Waals surface area contributed by atoms with Crippen LogP contribution >= 0.6 is 22.9 Å². The molecule has 0 aliphatic heterocycles. The summed E-state index contributed by atoms with van der Waals surface area (Å²) < 4.78 is 2.69. The summed E-state index contributed by atoms with van der Waals surface area (Å²) in [5, 5.41) is 0. The molecule has 0 rings (SSSR count). The van der Waals surface area contributed by atoms with Crippen LogP contribution in [0.4, 0.5) is 0 Å². The van der Waals surface area contributed by atoms with Gasteiger partial charge in [0.2, 0.25) is 11.8 Å². The van der Waals surface area contributed by atoms with Crippen molar-refractivity contribution in [1.82, 2.24) is 3.53 Å². The van der Waals surface area contributed by atoms with E-state index in [4.69, 9.17) is 5.73 Å². The van der Waals surface area contributed by atoms with E-state index in [0.29, 0.717) is 0 Å². The van der Waals surface area contributed by atoms with Crippen molar-refractivity contribution in [2.45, 2.75) is 73.1 Å². The molecule has 0 aromatic rings. The third-order valence-electron chi connectivity index (χ3n) is 4.24. The van der Waals surface area contributed by atoms with Crippen molar-refractivity contribution in [3.63, 3.8) is 0 Å². The number of carbonyl (C=O) groups excluding carboxylic acids is 2. The number of hydrogen-bond acceptors (Lipinski definition) is 2. The number of hydrogen-bond donors (Lipinski definition) is 2. The third kappa shape index (κ3) is 8.15. The van der Waals surface area contributed by atoms with Gasteiger partial charge in [0.1, 0.15) is 0 Å². The van der Waals surface area contributed by atoms with Gasteiger partial charge in [-0.05, 0) is 45.4 Å². The van der Waals surface area contributed by atoms with E-state index in [1.807, 2.05) is 50.6 Å². The van der Waals surface area contributed by atoms with Crippen LogP contribution < -0.4 is 9.26 Å². The number of nitrogens with two attached hydrogens (primary N) is 1. The lowest BCUT2D eigenvalue weighted by molar-refractivity contribution is -0.127. The van der Waals surface area contributed by atoms with Crippen LogP contribution in [0, 0.1) is 10.8 Å². The highest BCUT2D eigenvalue weighted by Gasteiger charge is 2.26. The molecule has 0 aliphatic carbocycles. The first-order valence-corrected chi connectivity index (χ1v) is 8.97. The van der Waals surface area contributed by atoms with Crippen molar-refractivity contribution in [3.8, 4) is 0 Å². The zero-order chi connectivity index (χ0) is 17.4. The number of halogens is 1. The lowest BCUT2D eigenvalue weighted by Gasteiger charge is -2.21. The minimum atomic E-state index is -0.418. The molecule has 0 bridgehead atoms. The van der Waals surface area contributed by atoms with Crippen LogP contribution in [0.1, 0.15) is 73.1 Å². The number of carbonyl (C=O) groups is 2. The first kappa shape index (κ1) is 21.4. The molecule has 0 saturated heterocycles. The summed E-state index contributed by atoms with van der Waals surface area (Å²) >= 11 is 1.89. The number of unbranched alkanes of at least 4 members (excludes halogenated alkanes) is 1. The van der Waals surface area contributed by atoms with Gasteiger partial charge in [-0.25, -0.2) is 0 Å². The molecule has 22 heavy (non-hydrogen) atoms. The zero-order valence-electron chi connectivity index (χ0n) is 14.6. The molecule has 0 atom stereocenters. The highest BCUT2D eigenvalue weighted by atomic mass is 127. The van der Waals surface area contributed by atoms with Crippen LogP contribution in [0.15, 0.2) is 11.6 Å². The Morgan fingerprint density at radius 2 is 1.64 bits per heavy atom. The first-order chi connectivity index (χ1) is 10.0. The second-order valence-corrected chi connectivity index (χ2v) is 7.89. The van der Waals surface area contributed by atoms with E-state index in [-0.39, 0.29) is 17.2 Å². The van der Waals surface area contributed by atoms with E-state index in [2.05, 4.69) is 16.5 Å². The SMILES string of the molecule is C/C(=C\CCCC(C)(C)C(N)=O)CCCC(C)(C)C(=O)NI. The summed E-state index contributed by atoms with van der Waals surface area (Å²) in [6.45, 7) is 9.88. The highest BCUT2D eigenvalue weighted by Crippen LogP contribution is 2.26. The van der Waals surface area contributed by atoms with Crippen molar-refractivity contribution < 1.29 is 9.59 Å². The molecular weight excluding hydrogens is 391 g/mol. The van der Waals surface area contributed by atoms with Crippen molar-refractivity contribution in [2.24, 2.45) is 16.6 Å². The zero-order valence-corrected chi connectivity index (χ0v) is 16.7. The lowest BCUT2D eigenvalue weighted by atomic mass is 9.85. The van der Waals surface area contributed by atoms with Crippen LogP contribution in [-0.4, -0.2) is 11.8 Å². The van der Waals surface area contributed by atoms with E-state index in [1.54, 1.807) is 0 Å². The Labute approximate surface area is 149 Å². The largest absolute Gasteiger partial charge is 0.369 e. The van der Waals surface area contributed by atoms with E-state index in [1.165, 1.54) is 5.57 Å². The maximum atomic E-state index is 11.7. The topological polar surface area (TPSA) is 72.2 Å². The van der Waals surface area contributed by atoms with Crippen LogP contribution in [0.2, 0.25) is 0 Å². The molecule has 0 fully saturated rings. The average molecular weight is 422 g/mol. The molecule has 0 unspecified atom stereocenters. The molecule has 0 saturated carbocycles. The maximum Gasteiger partial charge on any atom is 0.234 e. The minimum absolute atomic E-state index is 0.0865. The molecule has 3 N–H and O–H groups in total. The molecular formula is C17H31IN2O2. The van der Waals surface area contributed by atoms with E-state index >= 15 is 0 Å². The fourth-order valence-corrected chi connectivity index (χ4v) is 2.90. The predicted molar refractivity (Wildman–Crippen MR) is 100 cm³/mol. The van der Waals surface area contributed by atoms with Crippen molar-refractivity contribution in [2.75, 3.05) is 0 Å². The summed E-state index contributed by atoms with van der Waals surface area (Å²) in [4.78, 5) is 22.9. The molecule has 4 nitrogen and oxygen atoms in total. The van der Waals surface area contributed by atoms with Crippen LogP contribution in [0.3, 0.4) is 0 Å².